The highest BCUT2D eigenvalue weighted by Gasteiger charge is 2.24. The van der Waals surface area contributed by atoms with E-state index in [0.717, 1.165) is 55.9 Å². The molecule has 4 nitrogen and oxygen atoms in total. The second-order valence-electron chi connectivity index (χ2n) is 6.64. The van der Waals surface area contributed by atoms with Crippen molar-refractivity contribution in [3.05, 3.63) is 22.8 Å². The van der Waals surface area contributed by atoms with Gasteiger partial charge in [-0.2, -0.15) is 0 Å². The molecule has 0 aromatic carbocycles. The van der Waals surface area contributed by atoms with Crippen LogP contribution in [0.3, 0.4) is 0 Å². The summed E-state index contributed by atoms with van der Waals surface area (Å²) in [7, 11) is 0. The number of ether oxygens (including phenoxy) is 1. The van der Waals surface area contributed by atoms with Crippen LogP contribution in [0, 0.1) is 13.8 Å². The van der Waals surface area contributed by atoms with E-state index in [-0.39, 0.29) is 0 Å². The number of aromatic nitrogens is 2. The van der Waals surface area contributed by atoms with Crippen LogP contribution in [0.5, 0.6) is 0 Å². The monoisotopic (exact) mass is 289 g/mol. The molecule has 1 aromatic rings. The van der Waals surface area contributed by atoms with Crippen LogP contribution >= 0.6 is 0 Å². The van der Waals surface area contributed by atoms with E-state index in [1.807, 2.05) is 0 Å². The lowest BCUT2D eigenvalue weighted by Crippen LogP contribution is -2.24. The maximum absolute atomic E-state index is 5.44. The minimum atomic E-state index is 0.477. The van der Waals surface area contributed by atoms with Gasteiger partial charge in [-0.05, 0) is 51.0 Å². The average molecular weight is 289 g/mol. The Morgan fingerprint density at radius 1 is 1.10 bits per heavy atom. The number of hydrogen-bond acceptors (Lipinski definition) is 4. The van der Waals surface area contributed by atoms with Gasteiger partial charge in [0.1, 0.15) is 5.82 Å². The van der Waals surface area contributed by atoms with Crippen molar-refractivity contribution < 1.29 is 4.74 Å². The van der Waals surface area contributed by atoms with Crippen LogP contribution in [0.4, 0.5) is 0 Å². The Morgan fingerprint density at radius 3 is 2.29 bits per heavy atom. The quantitative estimate of drug-likeness (QED) is 0.905. The zero-order valence-corrected chi connectivity index (χ0v) is 13.5. The Bertz CT molecular complexity index is 470. The maximum atomic E-state index is 5.44. The summed E-state index contributed by atoms with van der Waals surface area (Å²) in [5, 5.41) is 3.62. The fraction of sp³-hybridized carbons (Fsp3) is 0.765. The molecule has 1 saturated carbocycles. The van der Waals surface area contributed by atoms with E-state index in [4.69, 9.17) is 14.7 Å². The Labute approximate surface area is 127 Å². The summed E-state index contributed by atoms with van der Waals surface area (Å²) in [5.41, 5.74) is 3.65. The Kier molecular flexibility index (Phi) is 4.55. The molecule has 2 heterocycles. The molecule has 2 aliphatic rings. The minimum absolute atomic E-state index is 0.477. The summed E-state index contributed by atoms with van der Waals surface area (Å²) in [4.78, 5) is 9.65. The summed E-state index contributed by atoms with van der Waals surface area (Å²) in [5.74, 6) is 1.99. The van der Waals surface area contributed by atoms with Crippen molar-refractivity contribution >= 4 is 0 Å². The van der Waals surface area contributed by atoms with E-state index >= 15 is 0 Å². The SMILES string of the molecule is Cc1nc(C2CCOCC2)nc(C)c1C(C)CNC1CC1. The van der Waals surface area contributed by atoms with Gasteiger partial charge in [-0.15, -0.1) is 0 Å². The van der Waals surface area contributed by atoms with E-state index in [1.165, 1.54) is 18.4 Å². The number of aryl methyl sites for hydroxylation is 2. The highest BCUT2D eigenvalue weighted by atomic mass is 16.5. The van der Waals surface area contributed by atoms with Crippen molar-refractivity contribution in [2.24, 2.45) is 0 Å². The van der Waals surface area contributed by atoms with Crippen molar-refractivity contribution in [1.82, 2.24) is 15.3 Å². The summed E-state index contributed by atoms with van der Waals surface area (Å²) in [6.07, 6.45) is 4.78. The number of nitrogens with zero attached hydrogens (tertiary/aromatic N) is 2. The number of rotatable bonds is 5. The molecule has 1 saturated heterocycles. The second kappa shape index (κ2) is 6.41. The van der Waals surface area contributed by atoms with Crippen LogP contribution in [-0.4, -0.2) is 35.8 Å². The van der Waals surface area contributed by atoms with Gasteiger partial charge in [-0.1, -0.05) is 6.92 Å². The molecule has 0 amide bonds. The lowest BCUT2D eigenvalue weighted by Gasteiger charge is -2.23. The van der Waals surface area contributed by atoms with E-state index in [9.17, 15) is 0 Å². The van der Waals surface area contributed by atoms with Gasteiger partial charge in [0.05, 0.1) is 0 Å². The minimum Gasteiger partial charge on any atom is -0.381 e. The van der Waals surface area contributed by atoms with Gasteiger partial charge in [0, 0.05) is 43.1 Å². The third kappa shape index (κ3) is 3.61. The van der Waals surface area contributed by atoms with Gasteiger partial charge >= 0.3 is 0 Å². The van der Waals surface area contributed by atoms with Crippen LogP contribution in [0.15, 0.2) is 0 Å². The topological polar surface area (TPSA) is 47.0 Å². The van der Waals surface area contributed by atoms with E-state index in [1.54, 1.807) is 0 Å². The van der Waals surface area contributed by atoms with E-state index in [0.29, 0.717) is 11.8 Å². The smallest absolute Gasteiger partial charge is 0.132 e. The largest absolute Gasteiger partial charge is 0.381 e. The molecule has 0 radical (unpaired) electrons. The van der Waals surface area contributed by atoms with Crippen LogP contribution in [0.1, 0.15) is 67.2 Å². The van der Waals surface area contributed by atoms with Crippen LogP contribution in [-0.2, 0) is 4.74 Å². The Morgan fingerprint density at radius 2 is 1.71 bits per heavy atom. The van der Waals surface area contributed by atoms with Crippen molar-refractivity contribution in [3.63, 3.8) is 0 Å². The molecule has 0 bridgehead atoms. The second-order valence-corrected chi connectivity index (χ2v) is 6.64. The third-order valence-corrected chi connectivity index (χ3v) is 4.71. The van der Waals surface area contributed by atoms with Crippen LogP contribution in [0.2, 0.25) is 0 Å². The molecule has 0 spiro atoms. The van der Waals surface area contributed by atoms with Crippen molar-refractivity contribution in [1.29, 1.82) is 0 Å². The van der Waals surface area contributed by atoms with E-state index < -0.39 is 0 Å². The predicted octanol–water partition coefficient (Wildman–Crippen LogP) is 2.84. The van der Waals surface area contributed by atoms with Gasteiger partial charge in [-0.3, -0.25) is 0 Å². The normalized spacial score (nSPS) is 21.5. The first kappa shape index (κ1) is 14.9. The zero-order valence-electron chi connectivity index (χ0n) is 13.5. The average Bonchev–Trinajstić information content (AvgIpc) is 3.29. The van der Waals surface area contributed by atoms with Crippen LogP contribution in [0.25, 0.3) is 0 Å². The lowest BCUT2D eigenvalue weighted by molar-refractivity contribution is 0.0835. The van der Waals surface area contributed by atoms with Gasteiger partial charge < -0.3 is 10.1 Å². The molecule has 1 aliphatic heterocycles. The highest BCUT2D eigenvalue weighted by molar-refractivity contribution is 5.29. The molecule has 1 N–H and O–H groups in total. The Hall–Kier alpha value is -1.00. The molecular weight excluding hydrogens is 262 g/mol. The molecule has 1 unspecified atom stereocenters. The number of hydrogen-bond donors (Lipinski definition) is 1. The standard InChI is InChI=1S/C17H27N3O/c1-11(10-18-15-4-5-15)16-12(2)19-17(20-13(16)3)14-6-8-21-9-7-14/h11,14-15,18H,4-10H2,1-3H3. The van der Waals surface area contributed by atoms with Crippen LogP contribution < -0.4 is 5.32 Å². The van der Waals surface area contributed by atoms with Gasteiger partial charge in [0.25, 0.3) is 0 Å². The Balaban J connectivity index is 1.74. The first-order valence-electron chi connectivity index (χ1n) is 8.31. The first-order chi connectivity index (χ1) is 10.1. The fourth-order valence-corrected chi connectivity index (χ4v) is 3.34. The summed E-state index contributed by atoms with van der Waals surface area (Å²) in [6.45, 7) is 9.28. The predicted molar refractivity (Wildman–Crippen MR) is 83.7 cm³/mol. The van der Waals surface area contributed by atoms with Crippen molar-refractivity contribution in [2.75, 3.05) is 19.8 Å². The molecule has 2 fully saturated rings. The fourth-order valence-electron chi connectivity index (χ4n) is 3.34. The zero-order chi connectivity index (χ0) is 14.8. The summed E-state index contributed by atoms with van der Waals surface area (Å²) < 4.78 is 5.44. The molecule has 1 aromatic heterocycles. The molecule has 1 aliphatic carbocycles. The van der Waals surface area contributed by atoms with E-state index in [2.05, 4.69) is 26.1 Å². The molecule has 4 heteroatoms. The molecule has 116 valence electrons. The maximum Gasteiger partial charge on any atom is 0.132 e. The summed E-state index contributed by atoms with van der Waals surface area (Å²) >= 11 is 0. The van der Waals surface area contributed by atoms with Gasteiger partial charge in [0.15, 0.2) is 0 Å². The van der Waals surface area contributed by atoms with Gasteiger partial charge in [-0.25, -0.2) is 9.97 Å². The van der Waals surface area contributed by atoms with Crippen molar-refractivity contribution in [2.45, 2.75) is 64.3 Å². The molecule has 1 atom stereocenters. The third-order valence-electron chi connectivity index (χ3n) is 4.71. The lowest BCUT2D eigenvalue weighted by atomic mass is 9.95. The first-order valence-corrected chi connectivity index (χ1v) is 8.31. The molecule has 21 heavy (non-hydrogen) atoms. The summed E-state index contributed by atoms with van der Waals surface area (Å²) in [6, 6.07) is 0.760. The number of nitrogens with one attached hydrogen (secondary N) is 1. The van der Waals surface area contributed by atoms with Gasteiger partial charge in [0.2, 0.25) is 0 Å². The highest BCUT2D eigenvalue weighted by Crippen LogP contribution is 2.28. The molecule has 3 rings (SSSR count). The molecular formula is C17H27N3O. The van der Waals surface area contributed by atoms with Crippen molar-refractivity contribution in [3.8, 4) is 0 Å².